The molecule has 1 rings (SSSR count). The smallest absolute Gasteiger partial charge is 0.157 e. The number of hydrogen-bond donors (Lipinski definition) is 1. The van der Waals surface area contributed by atoms with Crippen LogP contribution in [0.5, 0.6) is 0 Å². The molecule has 1 heterocycles. The van der Waals surface area contributed by atoms with E-state index in [0.717, 1.165) is 11.3 Å². The zero-order valence-corrected chi connectivity index (χ0v) is 9.69. The van der Waals surface area contributed by atoms with Crippen LogP contribution in [0, 0.1) is 6.92 Å². The van der Waals surface area contributed by atoms with E-state index in [2.05, 4.69) is 9.97 Å². The molecule has 0 aliphatic carbocycles. The average Bonchev–Trinajstić information content (AvgIpc) is 2.17. The Bertz CT molecular complexity index is 326. The Balaban J connectivity index is 2.91. The Morgan fingerprint density at radius 3 is 2.60 bits per heavy atom. The SMILES string of the molecule is CCOC(C)c1ncc([C@H](C)O)c(C)n1. The Labute approximate surface area is 90.3 Å². The summed E-state index contributed by atoms with van der Waals surface area (Å²) >= 11 is 0. The van der Waals surface area contributed by atoms with Crippen molar-refractivity contribution in [2.75, 3.05) is 6.61 Å². The molecule has 4 heteroatoms. The minimum Gasteiger partial charge on any atom is -0.389 e. The van der Waals surface area contributed by atoms with Crippen LogP contribution in [-0.2, 0) is 4.74 Å². The van der Waals surface area contributed by atoms with Gasteiger partial charge >= 0.3 is 0 Å². The number of hydrogen-bond acceptors (Lipinski definition) is 4. The Morgan fingerprint density at radius 2 is 2.13 bits per heavy atom. The molecule has 1 unspecified atom stereocenters. The lowest BCUT2D eigenvalue weighted by Crippen LogP contribution is -2.08. The number of aliphatic hydroxyl groups excluding tert-OH is 1. The van der Waals surface area contributed by atoms with E-state index in [0.29, 0.717) is 12.4 Å². The monoisotopic (exact) mass is 210 g/mol. The molecule has 0 saturated heterocycles. The minimum absolute atomic E-state index is 0.100. The maximum Gasteiger partial charge on any atom is 0.157 e. The molecule has 0 radical (unpaired) electrons. The summed E-state index contributed by atoms with van der Waals surface area (Å²) in [5.74, 6) is 0.666. The van der Waals surface area contributed by atoms with Gasteiger partial charge in [-0.05, 0) is 27.7 Å². The van der Waals surface area contributed by atoms with Gasteiger partial charge in [0.2, 0.25) is 0 Å². The maximum absolute atomic E-state index is 9.43. The highest BCUT2D eigenvalue weighted by Gasteiger charge is 2.12. The molecule has 0 aliphatic heterocycles. The lowest BCUT2D eigenvalue weighted by Gasteiger charge is -2.13. The molecule has 4 nitrogen and oxygen atoms in total. The van der Waals surface area contributed by atoms with Gasteiger partial charge < -0.3 is 9.84 Å². The van der Waals surface area contributed by atoms with Crippen molar-refractivity contribution in [3.05, 3.63) is 23.3 Å². The fourth-order valence-corrected chi connectivity index (χ4v) is 1.42. The first-order chi connectivity index (χ1) is 7.06. The van der Waals surface area contributed by atoms with Crippen LogP contribution in [0.3, 0.4) is 0 Å². The van der Waals surface area contributed by atoms with Gasteiger partial charge in [0.05, 0.1) is 6.10 Å². The van der Waals surface area contributed by atoms with Gasteiger partial charge in [0.15, 0.2) is 5.82 Å². The van der Waals surface area contributed by atoms with E-state index in [1.165, 1.54) is 0 Å². The quantitative estimate of drug-likeness (QED) is 0.825. The molecule has 0 spiro atoms. The number of aliphatic hydroxyl groups is 1. The molecule has 0 amide bonds. The van der Waals surface area contributed by atoms with Crippen molar-refractivity contribution in [2.24, 2.45) is 0 Å². The highest BCUT2D eigenvalue weighted by molar-refractivity contribution is 5.18. The lowest BCUT2D eigenvalue weighted by atomic mass is 10.1. The van der Waals surface area contributed by atoms with Crippen LogP contribution in [0.25, 0.3) is 0 Å². The van der Waals surface area contributed by atoms with Crippen LogP contribution >= 0.6 is 0 Å². The van der Waals surface area contributed by atoms with Gasteiger partial charge in [0.1, 0.15) is 6.10 Å². The van der Waals surface area contributed by atoms with E-state index in [1.807, 2.05) is 20.8 Å². The Morgan fingerprint density at radius 1 is 1.47 bits per heavy atom. The molecule has 1 aromatic rings. The van der Waals surface area contributed by atoms with Crippen molar-refractivity contribution in [1.82, 2.24) is 9.97 Å². The summed E-state index contributed by atoms with van der Waals surface area (Å²) in [5.41, 5.74) is 1.57. The van der Waals surface area contributed by atoms with Crippen molar-refractivity contribution in [2.45, 2.75) is 39.9 Å². The number of nitrogens with zero attached hydrogens (tertiary/aromatic N) is 2. The summed E-state index contributed by atoms with van der Waals surface area (Å²) in [4.78, 5) is 8.50. The van der Waals surface area contributed by atoms with Gasteiger partial charge in [-0.2, -0.15) is 0 Å². The molecule has 84 valence electrons. The van der Waals surface area contributed by atoms with Crippen molar-refractivity contribution in [3.63, 3.8) is 0 Å². The van der Waals surface area contributed by atoms with Gasteiger partial charge in [-0.15, -0.1) is 0 Å². The van der Waals surface area contributed by atoms with Crippen LogP contribution < -0.4 is 0 Å². The second kappa shape index (κ2) is 5.19. The third kappa shape index (κ3) is 2.97. The molecule has 1 N–H and O–H groups in total. The van der Waals surface area contributed by atoms with Crippen molar-refractivity contribution in [3.8, 4) is 0 Å². The van der Waals surface area contributed by atoms with E-state index >= 15 is 0 Å². The van der Waals surface area contributed by atoms with Crippen LogP contribution in [0.15, 0.2) is 6.20 Å². The van der Waals surface area contributed by atoms with Crippen LogP contribution in [-0.4, -0.2) is 21.7 Å². The summed E-state index contributed by atoms with van der Waals surface area (Å²) in [6.45, 7) is 8.07. The molecule has 0 aromatic carbocycles. The highest BCUT2D eigenvalue weighted by Crippen LogP contribution is 2.17. The summed E-state index contributed by atoms with van der Waals surface area (Å²) < 4.78 is 5.40. The fraction of sp³-hybridized carbons (Fsp3) is 0.636. The highest BCUT2D eigenvalue weighted by atomic mass is 16.5. The zero-order chi connectivity index (χ0) is 11.4. The van der Waals surface area contributed by atoms with Crippen molar-refractivity contribution < 1.29 is 9.84 Å². The molecule has 0 aliphatic rings. The normalized spacial score (nSPS) is 15.0. The second-order valence-corrected chi connectivity index (χ2v) is 3.54. The molecule has 0 saturated carbocycles. The third-order valence-corrected chi connectivity index (χ3v) is 2.27. The van der Waals surface area contributed by atoms with Gasteiger partial charge in [-0.1, -0.05) is 0 Å². The van der Waals surface area contributed by atoms with E-state index < -0.39 is 6.10 Å². The average molecular weight is 210 g/mol. The van der Waals surface area contributed by atoms with Crippen molar-refractivity contribution >= 4 is 0 Å². The van der Waals surface area contributed by atoms with Gasteiger partial charge in [0, 0.05) is 24.1 Å². The van der Waals surface area contributed by atoms with Crippen LogP contribution in [0.1, 0.15) is 50.1 Å². The fourth-order valence-electron chi connectivity index (χ4n) is 1.42. The summed E-state index contributed by atoms with van der Waals surface area (Å²) in [6.07, 6.45) is 1.04. The Hall–Kier alpha value is -1.00. The van der Waals surface area contributed by atoms with E-state index in [1.54, 1.807) is 13.1 Å². The predicted octanol–water partition coefficient (Wildman–Crippen LogP) is 1.94. The summed E-state index contributed by atoms with van der Waals surface area (Å²) in [6, 6.07) is 0. The van der Waals surface area contributed by atoms with E-state index in [9.17, 15) is 5.11 Å². The third-order valence-electron chi connectivity index (χ3n) is 2.27. The number of ether oxygens (including phenoxy) is 1. The van der Waals surface area contributed by atoms with Gasteiger partial charge in [-0.3, -0.25) is 0 Å². The summed E-state index contributed by atoms with van der Waals surface area (Å²) in [7, 11) is 0. The topological polar surface area (TPSA) is 55.2 Å². The lowest BCUT2D eigenvalue weighted by molar-refractivity contribution is 0.0697. The standard InChI is InChI=1S/C11H18N2O2/c1-5-15-9(4)11-12-6-10(8(3)14)7(2)13-11/h6,8-9,14H,5H2,1-4H3/t8-,9?/m0/s1. The van der Waals surface area contributed by atoms with Crippen LogP contribution in [0.4, 0.5) is 0 Å². The molecule has 15 heavy (non-hydrogen) atoms. The molecule has 2 atom stereocenters. The van der Waals surface area contributed by atoms with E-state index in [4.69, 9.17) is 4.74 Å². The minimum atomic E-state index is -0.526. The molecular weight excluding hydrogens is 192 g/mol. The summed E-state index contributed by atoms with van der Waals surface area (Å²) in [5, 5.41) is 9.43. The zero-order valence-electron chi connectivity index (χ0n) is 9.69. The first-order valence-corrected chi connectivity index (χ1v) is 5.19. The van der Waals surface area contributed by atoms with Crippen molar-refractivity contribution in [1.29, 1.82) is 0 Å². The molecule has 0 bridgehead atoms. The first kappa shape index (κ1) is 12.1. The molecule has 0 fully saturated rings. The van der Waals surface area contributed by atoms with Crippen LogP contribution in [0.2, 0.25) is 0 Å². The maximum atomic E-state index is 9.43. The first-order valence-electron chi connectivity index (χ1n) is 5.19. The predicted molar refractivity (Wildman–Crippen MR) is 57.4 cm³/mol. The van der Waals surface area contributed by atoms with Gasteiger partial charge in [0.25, 0.3) is 0 Å². The number of rotatable bonds is 4. The second-order valence-electron chi connectivity index (χ2n) is 3.54. The molecular formula is C11H18N2O2. The molecule has 1 aromatic heterocycles. The van der Waals surface area contributed by atoms with Gasteiger partial charge in [-0.25, -0.2) is 9.97 Å². The Kier molecular flexibility index (Phi) is 4.17. The largest absolute Gasteiger partial charge is 0.389 e. The van der Waals surface area contributed by atoms with E-state index in [-0.39, 0.29) is 6.10 Å². The number of aryl methyl sites for hydroxylation is 1. The number of aromatic nitrogens is 2.